The lowest BCUT2D eigenvalue weighted by Crippen LogP contribution is -2.49. The highest BCUT2D eigenvalue weighted by molar-refractivity contribution is 7.17. The summed E-state index contributed by atoms with van der Waals surface area (Å²) in [5.41, 5.74) is 0. The molecule has 2 aromatic heterocycles. The number of aliphatic hydroxyl groups is 1. The highest BCUT2D eigenvalue weighted by Gasteiger charge is 2.25. The normalized spacial score (nSPS) is 17.6. The second-order valence-electron chi connectivity index (χ2n) is 5.23. The topological polar surface area (TPSA) is 56.9 Å². The molecule has 0 bridgehead atoms. The van der Waals surface area contributed by atoms with Crippen molar-refractivity contribution in [3.8, 4) is 0 Å². The van der Waals surface area contributed by atoms with Gasteiger partial charge in [0.2, 0.25) is 0 Å². The van der Waals surface area contributed by atoms with Gasteiger partial charge in [0, 0.05) is 32.7 Å². The van der Waals surface area contributed by atoms with E-state index in [0.29, 0.717) is 34.6 Å². The molecule has 2 aromatic rings. The van der Waals surface area contributed by atoms with E-state index in [1.54, 1.807) is 30.5 Å². The molecule has 1 saturated heterocycles. The third kappa shape index (κ3) is 3.52. The van der Waals surface area contributed by atoms with Crippen molar-refractivity contribution < 1.29 is 14.3 Å². The summed E-state index contributed by atoms with van der Waals surface area (Å²) in [7, 11) is 0. The third-order valence-electron chi connectivity index (χ3n) is 3.75. The predicted molar refractivity (Wildman–Crippen MR) is 85.3 cm³/mol. The molecular weight excluding hydrogens is 324 g/mol. The summed E-state index contributed by atoms with van der Waals surface area (Å²) in [5.74, 6) is 0.606. The van der Waals surface area contributed by atoms with E-state index in [1.165, 1.54) is 11.3 Å². The average molecular weight is 341 g/mol. The van der Waals surface area contributed by atoms with Crippen molar-refractivity contribution in [2.45, 2.75) is 6.10 Å². The first kappa shape index (κ1) is 15.6. The number of aliphatic hydroxyl groups excluding tert-OH is 1. The molecule has 7 heteroatoms. The molecule has 1 N–H and O–H groups in total. The molecule has 1 aliphatic rings. The van der Waals surface area contributed by atoms with Crippen molar-refractivity contribution in [2.24, 2.45) is 0 Å². The number of nitrogens with zero attached hydrogens (tertiary/aromatic N) is 2. The van der Waals surface area contributed by atoms with Crippen LogP contribution in [0.3, 0.4) is 0 Å². The maximum absolute atomic E-state index is 12.3. The number of thiophene rings is 1. The molecule has 3 rings (SSSR count). The first-order chi connectivity index (χ1) is 10.6. The molecule has 1 amide bonds. The van der Waals surface area contributed by atoms with Crippen LogP contribution in [0.2, 0.25) is 4.34 Å². The van der Waals surface area contributed by atoms with Crippen LogP contribution in [0.15, 0.2) is 34.9 Å². The summed E-state index contributed by atoms with van der Waals surface area (Å²) in [6.07, 6.45) is 0.926. The van der Waals surface area contributed by atoms with Gasteiger partial charge in [0.05, 0.1) is 15.5 Å². The molecule has 0 unspecified atom stereocenters. The van der Waals surface area contributed by atoms with Crippen LogP contribution in [-0.2, 0) is 0 Å². The summed E-state index contributed by atoms with van der Waals surface area (Å²) < 4.78 is 5.83. The second-order valence-corrected chi connectivity index (χ2v) is 6.94. The Bertz CT molecular complexity index is 621. The highest BCUT2D eigenvalue weighted by atomic mass is 35.5. The lowest BCUT2D eigenvalue weighted by atomic mass is 10.2. The molecule has 0 radical (unpaired) electrons. The number of hydrogen-bond donors (Lipinski definition) is 1. The first-order valence-corrected chi connectivity index (χ1v) is 8.31. The van der Waals surface area contributed by atoms with Crippen LogP contribution in [0.5, 0.6) is 0 Å². The third-order valence-corrected chi connectivity index (χ3v) is 4.97. The standard InChI is InChI=1S/C15H17ClN2O3S/c16-14-4-3-13(22-14)15(20)18-7-5-17(6-8-18)10-11(19)12-2-1-9-21-12/h1-4,9,11,19H,5-8,10H2/t11-/m0/s1. The Kier molecular flexibility index (Phi) is 4.83. The van der Waals surface area contributed by atoms with Gasteiger partial charge in [0.25, 0.3) is 5.91 Å². The summed E-state index contributed by atoms with van der Waals surface area (Å²) in [6, 6.07) is 7.05. The fourth-order valence-corrected chi connectivity index (χ4v) is 3.55. The molecule has 1 fully saturated rings. The molecule has 0 saturated carbocycles. The van der Waals surface area contributed by atoms with Gasteiger partial charge in [-0.3, -0.25) is 9.69 Å². The molecule has 3 heterocycles. The number of amides is 1. The van der Waals surface area contributed by atoms with Crippen LogP contribution in [-0.4, -0.2) is 53.5 Å². The quantitative estimate of drug-likeness (QED) is 0.929. The van der Waals surface area contributed by atoms with Gasteiger partial charge in [-0.1, -0.05) is 11.6 Å². The van der Waals surface area contributed by atoms with Crippen molar-refractivity contribution in [2.75, 3.05) is 32.7 Å². The number of hydrogen-bond acceptors (Lipinski definition) is 5. The Balaban J connectivity index is 1.51. The predicted octanol–water partition coefficient (Wildman–Crippen LogP) is 2.49. The van der Waals surface area contributed by atoms with Gasteiger partial charge in [0.1, 0.15) is 11.9 Å². The number of furan rings is 1. The molecule has 1 aliphatic heterocycles. The van der Waals surface area contributed by atoms with Crippen LogP contribution in [0.1, 0.15) is 21.5 Å². The summed E-state index contributed by atoms with van der Waals surface area (Å²) >= 11 is 7.18. The van der Waals surface area contributed by atoms with Gasteiger partial charge in [0.15, 0.2) is 0 Å². The summed E-state index contributed by atoms with van der Waals surface area (Å²) in [5, 5.41) is 10.1. The number of piperazine rings is 1. The zero-order valence-corrected chi connectivity index (χ0v) is 13.5. The molecule has 118 valence electrons. The Labute approximate surface area is 137 Å². The van der Waals surface area contributed by atoms with E-state index in [0.717, 1.165) is 13.1 Å². The average Bonchev–Trinajstić information content (AvgIpc) is 3.18. The van der Waals surface area contributed by atoms with Crippen LogP contribution >= 0.6 is 22.9 Å². The Morgan fingerprint density at radius 1 is 1.32 bits per heavy atom. The van der Waals surface area contributed by atoms with Crippen molar-refractivity contribution in [1.82, 2.24) is 9.80 Å². The van der Waals surface area contributed by atoms with Crippen molar-refractivity contribution in [1.29, 1.82) is 0 Å². The Morgan fingerprint density at radius 3 is 2.68 bits per heavy atom. The van der Waals surface area contributed by atoms with Crippen LogP contribution in [0.4, 0.5) is 0 Å². The Hall–Kier alpha value is -1.34. The van der Waals surface area contributed by atoms with Gasteiger partial charge in [-0.25, -0.2) is 0 Å². The molecule has 22 heavy (non-hydrogen) atoms. The van der Waals surface area contributed by atoms with Crippen molar-refractivity contribution in [3.05, 3.63) is 45.5 Å². The molecule has 1 atom stereocenters. The Morgan fingerprint density at radius 2 is 2.09 bits per heavy atom. The highest BCUT2D eigenvalue weighted by Crippen LogP contribution is 2.23. The fourth-order valence-electron chi connectivity index (χ4n) is 2.53. The second kappa shape index (κ2) is 6.83. The van der Waals surface area contributed by atoms with E-state index in [2.05, 4.69) is 4.90 Å². The van der Waals surface area contributed by atoms with Crippen LogP contribution in [0.25, 0.3) is 0 Å². The van der Waals surface area contributed by atoms with Gasteiger partial charge in [-0.05, 0) is 24.3 Å². The zero-order valence-electron chi connectivity index (χ0n) is 11.9. The number of β-amino-alcohol motifs (C(OH)–C–C–N with tert-alkyl or cyclic N) is 1. The molecule has 0 spiro atoms. The van der Waals surface area contributed by atoms with E-state index in [4.69, 9.17) is 16.0 Å². The minimum atomic E-state index is -0.631. The first-order valence-electron chi connectivity index (χ1n) is 7.12. The van der Waals surface area contributed by atoms with Crippen LogP contribution < -0.4 is 0 Å². The summed E-state index contributed by atoms with van der Waals surface area (Å²) in [6.45, 7) is 3.30. The van der Waals surface area contributed by atoms with Gasteiger partial charge < -0.3 is 14.4 Å². The molecular formula is C15H17ClN2O3S. The lowest BCUT2D eigenvalue weighted by Gasteiger charge is -2.35. The zero-order chi connectivity index (χ0) is 15.5. The SMILES string of the molecule is O=C(c1ccc(Cl)s1)N1CCN(C[C@H](O)c2ccco2)CC1. The lowest BCUT2D eigenvalue weighted by molar-refractivity contribution is 0.0489. The monoisotopic (exact) mass is 340 g/mol. The minimum absolute atomic E-state index is 0.0307. The van der Waals surface area contributed by atoms with E-state index in [9.17, 15) is 9.90 Å². The van der Waals surface area contributed by atoms with E-state index < -0.39 is 6.10 Å². The van der Waals surface area contributed by atoms with Gasteiger partial charge in [-0.2, -0.15) is 0 Å². The van der Waals surface area contributed by atoms with E-state index in [1.807, 2.05) is 4.90 Å². The smallest absolute Gasteiger partial charge is 0.264 e. The fraction of sp³-hybridized carbons (Fsp3) is 0.400. The molecule has 0 aromatic carbocycles. The number of rotatable bonds is 4. The maximum Gasteiger partial charge on any atom is 0.264 e. The van der Waals surface area contributed by atoms with Crippen LogP contribution in [0, 0.1) is 0 Å². The number of carbonyl (C=O) groups is 1. The minimum Gasteiger partial charge on any atom is -0.467 e. The number of halogens is 1. The maximum atomic E-state index is 12.3. The van der Waals surface area contributed by atoms with Gasteiger partial charge >= 0.3 is 0 Å². The largest absolute Gasteiger partial charge is 0.467 e. The molecule has 5 nitrogen and oxygen atoms in total. The van der Waals surface area contributed by atoms with E-state index in [-0.39, 0.29) is 5.91 Å². The molecule has 0 aliphatic carbocycles. The van der Waals surface area contributed by atoms with E-state index >= 15 is 0 Å². The van der Waals surface area contributed by atoms with Gasteiger partial charge in [-0.15, -0.1) is 11.3 Å². The summed E-state index contributed by atoms with van der Waals surface area (Å²) in [4.78, 5) is 17.0. The van der Waals surface area contributed by atoms with Crippen molar-refractivity contribution in [3.63, 3.8) is 0 Å². The number of carbonyl (C=O) groups excluding carboxylic acids is 1. The van der Waals surface area contributed by atoms with Crippen molar-refractivity contribution >= 4 is 28.8 Å².